The summed E-state index contributed by atoms with van der Waals surface area (Å²) >= 11 is 0. The van der Waals surface area contributed by atoms with Crippen molar-refractivity contribution in [2.45, 2.75) is 39.7 Å². The lowest BCUT2D eigenvalue weighted by Gasteiger charge is -2.25. The van der Waals surface area contributed by atoms with Crippen LogP contribution in [0.15, 0.2) is 0 Å². The third-order valence-corrected chi connectivity index (χ3v) is 1.80. The molecule has 0 bridgehead atoms. The molecule has 0 aliphatic rings. The van der Waals surface area contributed by atoms with Crippen molar-refractivity contribution in [2.75, 3.05) is 13.2 Å². The Bertz CT molecular complexity index is 134. The van der Waals surface area contributed by atoms with E-state index in [1.165, 1.54) is 0 Å². The summed E-state index contributed by atoms with van der Waals surface area (Å²) in [6.45, 7) is 6.66. The maximum atomic E-state index is 11.3. The Morgan fingerprint density at radius 1 is 1.50 bits per heavy atom. The number of carbonyl (C=O) groups excluding carboxylic acids is 1. The van der Waals surface area contributed by atoms with Crippen LogP contribution in [0.3, 0.4) is 0 Å². The monoisotopic (exact) mass is 173 g/mol. The molecular weight excluding hydrogens is 154 g/mol. The van der Waals surface area contributed by atoms with Gasteiger partial charge in [0.15, 0.2) is 0 Å². The number of aliphatic hydroxyl groups excluding tert-OH is 1. The summed E-state index contributed by atoms with van der Waals surface area (Å²) in [5.74, 6) is 0.165. The summed E-state index contributed by atoms with van der Waals surface area (Å²) in [6.07, 6.45) is 1.22. The molecule has 0 radical (unpaired) electrons. The first-order valence-electron chi connectivity index (χ1n) is 4.53. The highest BCUT2D eigenvalue weighted by Crippen LogP contribution is 2.02. The van der Waals surface area contributed by atoms with Gasteiger partial charge in [-0.2, -0.15) is 0 Å². The first-order chi connectivity index (χ1) is 5.63. The lowest BCUT2D eigenvalue weighted by atomic mass is 10.2. The smallest absolute Gasteiger partial charge is 0.222 e. The van der Waals surface area contributed by atoms with Gasteiger partial charge in [-0.3, -0.25) is 4.79 Å². The highest BCUT2D eigenvalue weighted by Gasteiger charge is 2.13. The Balaban J connectivity index is 3.95. The van der Waals surface area contributed by atoms with Crippen molar-refractivity contribution in [3.05, 3.63) is 0 Å². The number of hydrogen-bond donors (Lipinski definition) is 1. The molecule has 0 fully saturated rings. The van der Waals surface area contributed by atoms with Crippen molar-refractivity contribution in [3.8, 4) is 0 Å². The number of rotatable bonds is 5. The van der Waals surface area contributed by atoms with E-state index in [-0.39, 0.29) is 18.6 Å². The minimum absolute atomic E-state index is 0.153. The van der Waals surface area contributed by atoms with Gasteiger partial charge in [0.1, 0.15) is 0 Å². The number of carbonyl (C=O) groups is 1. The topological polar surface area (TPSA) is 40.5 Å². The quantitative estimate of drug-likeness (QED) is 0.674. The van der Waals surface area contributed by atoms with Gasteiger partial charge in [0, 0.05) is 25.6 Å². The second-order valence-electron chi connectivity index (χ2n) is 3.11. The third kappa shape index (κ3) is 3.72. The molecular formula is C9H19NO2. The molecule has 72 valence electrons. The average Bonchev–Trinajstić information content (AvgIpc) is 2.04. The highest BCUT2D eigenvalue weighted by molar-refractivity contribution is 5.76. The molecule has 0 aliphatic heterocycles. The van der Waals surface area contributed by atoms with Gasteiger partial charge in [0.05, 0.1) is 0 Å². The summed E-state index contributed by atoms with van der Waals surface area (Å²) in [4.78, 5) is 13.1. The van der Waals surface area contributed by atoms with E-state index in [4.69, 9.17) is 5.11 Å². The molecule has 0 aromatic carbocycles. The van der Waals surface area contributed by atoms with Gasteiger partial charge in [0.2, 0.25) is 5.91 Å². The summed E-state index contributed by atoms with van der Waals surface area (Å²) < 4.78 is 0. The van der Waals surface area contributed by atoms with Crippen molar-refractivity contribution in [3.63, 3.8) is 0 Å². The summed E-state index contributed by atoms with van der Waals surface area (Å²) in [6, 6.07) is 0.240. The summed E-state index contributed by atoms with van der Waals surface area (Å²) in [5, 5.41) is 8.61. The zero-order valence-corrected chi connectivity index (χ0v) is 8.21. The molecule has 0 aliphatic carbocycles. The average molecular weight is 173 g/mol. The van der Waals surface area contributed by atoms with E-state index in [9.17, 15) is 4.79 Å². The predicted octanol–water partition coefficient (Wildman–Crippen LogP) is 1.02. The van der Waals surface area contributed by atoms with Crippen molar-refractivity contribution >= 4 is 5.91 Å². The minimum atomic E-state index is 0.153. The minimum Gasteiger partial charge on any atom is -0.396 e. The van der Waals surface area contributed by atoms with Gasteiger partial charge < -0.3 is 10.0 Å². The molecule has 3 nitrogen and oxygen atoms in total. The lowest BCUT2D eigenvalue weighted by molar-refractivity contribution is -0.132. The van der Waals surface area contributed by atoms with Gasteiger partial charge in [-0.05, 0) is 20.3 Å². The van der Waals surface area contributed by atoms with Gasteiger partial charge in [-0.15, -0.1) is 0 Å². The normalized spacial score (nSPS) is 10.4. The van der Waals surface area contributed by atoms with E-state index < -0.39 is 0 Å². The van der Waals surface area contributed by atoms with Gasteiger partial charge in [0.25, 0.3) is 0 Å². The van der Waals surface area contributed by atoms with E-state index in [1.807, 2.05) is 20.8 Å². The highest BCUT2D eigenvalue weighted by atomic mass is 16.3. The van der Waals surface area contributed by atoms with E-state index >= 15 is 0 Å². The van der Waals surface area contributed by atoms with Crippen LogP contribution < -0.4 is 0 Å². The van der Waals surface area contributed by atoms with Crippen LogP contribution >= 0.6 is 0 Å². The first-order valence-corrected chi connectivity index (χ1v) is 4.53. The Labute approximate surface area is 74.4 Å². The van der Waals surface area contributed by atoms with Gasteiger partial charge in [-0.1, -0.05) is 6.92 Å². The number of nitrogens with zero attached hydrogens (tertiary/aromatic N) is 1. The molecule has 1 N–H and O–H groups in total. The van der Waals surface area contributed by atoms with Gasteiger partial charge in [-0.25, -0.2) is 0 Å². The van der Waals surface area contributed by atoms with Crippen molar-refractivity contribution < 1.29 is 9.90 Å². The molecule has 12 heavy (non-hydrogen) atoms. The summed E-state index contributed by atoms with van der Waals surface area (Å²) in [7, 11) is 0. The zero-order valence-electron chi connectivity index (χ0n) is 8.21. The maximum Gasteiger partial charge on any atom is 0.222 e. The van der Waals surface area contributed by atoms with E-state index in [0.717, 1.165) is 0 Å². The first kappa shape index (κ1) is 11.4. The molecule has 3 heteroatoms. The fourth-order valence-electron chi connectivity index (χ4n) is 1.12. The van der Waals surface area contributed by atoms with Crippen LogP contribution in [-0.2, 0) is 4.79 Å². The molecule has 0 saturated carbocycles. The number of amides is 1. The van der Waals surface area contributed by atoms with E-state index in [1.54, 1.807) is 4.90 Å². The number of hydrogen-bond acceptors (Lipinski definition) is 2. The maximum absolute atomic E-state index is 11.3. The van der Waals surface area contributed by atoms with Crippen molar-refractivity contribution in [1.82, 2.24) is 4.90 Å². The molecule has 0 unspecified atom stereocenters. The molecule has 0 saturated heterocycles. The SMILES string of the molecule is CCC(=O)N(CCCO)C(C)C. The molecule has 1 amide bonds. The van der Waals surface area contributed by atoms with Gasteiger partial charge >= 0.3 is 0 Å². The molecule has 0 aromatic heterocycles. The zero-order chi connectivity index (χ0) is 9.56. The molecule has 0 heterocycles. The fourth-order valence-corrected chi connectivity index (χ4v) is 1.12. The Morgan fingerprint density at radius 2 is 2.08 bits per heavy atom. The van der Waals surface area contributed by atoms with E-state index in [0.29, 0.717) is 19.4 Å². The number of aliphatic hydroxyl groups is 1. The molecule has 0 spiro atoms. The largest absolute Gasteiger partial charge is 0.396 e. The van der Waals surface area contributed by atoms with Crippen LogP contribution in [0, 0.1) is 0 Å². The lowest BCUT2D eigenvalue weighted by Crippen LogP contribution is -2.37. The van der Waals surface area contributed by atoms with Crippen LogP contribution in [0.2, 0.25) is 0 Å². The van der Waals surface area contributed by atoms with Crippen molar-refractivity contribution in [1.29, 1.82) is 0 Å². The van der Waals surface area contributed by atoms with Crippen molar-refractivity contribution in [2.24, 2.45) is 0 Å². The third-order valence-electron chi connectivity index (χ3n) is 1.80. The second-order valence-corrected chi connectivity index (χ2v) is 3.11. The van der Waals surface area contributed by atoms with Crippen LogP contribution in [0.4, 0.5) is 0 Å². The second kappa shape index (κ2) is 6.00. The molecule has 0 atom stereocenters. The van der Waals surface area contributed by atoms with Crippen LogP contribution in [0.25, 0.3) is 0 Å². The Morgan fingerprint density at radius 3 is 2.42 bits per heavy atom. The molecule has 0 rings (SSSR count). The predicted molar refractivity (Wildman–Crippen MR) is 48.8 cm³/mol. The van der Waals surface area contributed by atoms with Crippen LogP contribution in [0.1, 0.15) is 33.6 Å². The standard InChI is InChI=1S/C9H19NO2/c1-4-9(12)10(8(2)3)6-5-7-11/h8,11H,4-7H2,1-3H3. The van der Waals surface area contributed by atoms with Crippen LogP contribution in [-0.4, -0.2) is 35.1 Å². The Kier molecular flexibility index (Phi) is 5.72. The van der Waals surface area contributed by atoms with E-state index in [2.05, 4.69) is 0 Å². The fraction of sp³-hybridized carbons (Fsp3) is 0.889. The molecule has 0 aromatic rings. The summed E-state index contributed by atoms with van der Waals surface area (Å²) in [5.41, 5.74) is 0. The Hall–Kier alpha value is -0.570. The van der Waals surface area contributed by atoms with Crippen LogP contribution in [0.5, 0.6) is 0 Å².